The fraction of sp³-hybridized carbons (Fsp3) is 0.529. The molecule has 1 fully saturated rings. The van der Waals surface area contributed by atoms with E-state index in [0.29, 0.717) is 37.4 Å². The van der Waals surface area contributed by atoms with Gasteiger partial charge in [0.25, 0.3) is 5.91 Å². The predicted octanol–water partition coefficient (Wildman–Crippen LogP) is 0.519. The van der Waals surface area contributed by atoms with E-state index in [0.717, 1.165) is 12.8 Å². The first-order chi connectivity index (χ1) is 12.4. The largest absolute Gasteiger partial charge is 0.351 e. The van der Waals surface area contributed by atoms with E-state index in [1.54, 1.807) is 24.3 Å². The number of nitrogens with two attached hydrogens (primary N) is 1. The molecular weight excluding hydrogens is 356 g/mol. The number of hydrogen-bond acceptors (Lipinski definition) is 5. The van der Waals surface area contributed by atoms with E-state index in [1.165, 1.54) is 4.31 Å². The third kappa shape index (κ3) is 5.79. The van der Waals surface area contributed by atoms with Crippen molar-refractivity contribution in [1.82, 2.24) is 9.62 Å². The zero-order valence-electron chi connectivity index (χ0n) is 14.7. The van der Waals surface area contributed by atoms with E-state index < -0.39 is 10.0 Å². The highest BCUT2D eigenvalue weighted by Gasteiger charge is 2.25. The first kappa shape index (κ1) is 20.3. The SMILES string of the molecule is NCCNC(=O)c1ccccc1NC(=O)CCCS(=O)(=O)N1CCCC1. The third-order valence-corrected chi connectivity index (χ3v) is 6.10. The normalized spacial score (nSPS) is 15.0. The van der Waals surface area contributed by atoms with Crippen LogP contribution in [0.2, 0.25) is 0 Å². The fourth-order valence-corrected chi connectivity index (χ4v) is 4.38. The molecule has 1 aromatic rings. The van der Waals surface area contributed by atoms with Crippen LogP contribution in [-0.4, -0.2) is 56.5 Å². The van der Waals surface area contributed by atoms with E-state index in [4.69, 9.17) is 5.73 Å². The van der Waals surface area contributed by atoms with Crippen LogP contribution in [0.25, 0.3) is 0 Å². The minimum Gasteiger partial charge on any atom is -0.351 e. The average Bonchev–Trinajstić information content (AvgIpc) is 3.15. The van der Waals surface area contributed by atoms with E-state index in [9.17, 15) is 18.0 Å². The van der Waals surface area contributed by atoms with E-state index >= 15 is 0 Å². The molecule has 1 aliphatic heterocycles. The van der Waals surface area contributed by atoms with Gasteiger partial charge < -0.3 is 16.4 Å². The van der Waals surface area contributed by atoms with Crippen molar-refractivity contribution < 1.29 is 18.0 Å². The standard InChI is InChI=1S/C17H26N4O4S/c18-9-10-19-17(23)14-6-1-2-7-15(14)20-16(22)8-5-13-26(24,25)21-11-3-4-12-21/h1-2,6-7H,3-5,8-13,18H2,(H,19,23)(H,20,22). The predicted molar refractivity (Wildman–Crippen MR) is 100 cm³/mol. The van der Waals surface area contributed by atoms with Gasteiger partial charge in [0.1, 0.15) is 0 Å². The van der Waals surface area contributed by atoms with Gasteiger partial charge in [0.2, 0.25) is 15.9 Å². The topological polar surface area (TPSA) is 122 Å². The van der Waals surface area contributed by atoms with Gasteiger partial charge in [0.05, 0.1) is 17.0 Å². The Morgan fingerprint density at radius 2 is 1.85 bits per heavy atom. The lowest BCUT2D eigenvalue weighted by molar-refractivity contribution is -0.116. The number of para-hydroxylation sites is 1. The molecule has 2 rings (SSSR count). The van der Waals surface area contributed by atoms with Crippen LogP contribution in [0.4, 0.5) is 5.69 Å². The van der Waals surface area contributed by atoms with Crippen molar-refractivity contribution in [3.63, 3.8) is 0 Å². The summed E-state index contributed by atoms with van der Waals surface area (Å²) in [7, 11) is -3.28. The zero-order chi connectivity index (χ0) is 19.0. The Hall–Kier alpha value is -1.97. The van der Waals surface area contributed by atoms with Crippen LogP contribution < -0.4 is 16.4 Å². The summed E-state index contributed by atoms with van der Waals surface area (Å²) in [5.74, 6) is -0.678. The van der Waals surface area contributed by atoms with Crippen molar-refractivity contribution in [3.05, 3.63) is 29.8 Å². The van der Waals surface area contributed by atoms with Gasteiger partial charge in [0.15, 0.2) is 0 Å². The summed E-state index contributed by atoms with van der Waals surface area (Å²) >= 11 is 0. The van der Waals surface area contributed by atoms with Crippen LogP contribution in [0, 0.1) is 0 Å². The lowest BCUT2D eigenvalue weighted by Crippen LogP contribution is -2.31. The molecule has 0 spiro atoms. The van der Waals surface area contributed by atoms with Crippen LogP contribution in [0.3, 0.4) is 0 Å². The summed E-state index contributed by atoms with van der Waals surface area (Å²) in [6.07, 6.45) is 2.10. The molecule has 9 heteroatoms. The molecule has 144 valence electrons. The first-order valence-corrected chi connectivity index (χ1v) is 10.4. The van der Waals surface area contributed by atoms with E-state index in [-0.39, 0.29) is 30.4 Å². The molecule has 0 unspecified atom stereocenters. The van der Waals surface area contributed by atoms with Gasteiger partial charge in [0, 0.05) is 32.6 Å². The molecule has 1 heterocycles. The molecule has 0 aromatic heterocycles. The van der Waals surface area contributed by atoms with Crippen molar-refractivity contribution in [1.29, 1.82) is 0 Å². The Balaban J connectivity index is 1.87. The number of amides is 2. The molecule has 1 saturated heterocycles. The van der Waals surface area contributed by atoms with Crippen LogP contribution in [0.1, 0.15) is 36.0 Å². The minimum atomic E-state index is -3.28. The van der Waals surface area contributed by atoms with Crippen molar-refractivity contribution in [2.75, 3.05) is 37.2 Å². The zero-order valence-corrected chi connectivity index (χ0v) is 15.6. The van der Waals surface area contributed by atoms with Crippen molar-refractivity contribution in [3.8, 4) is 0 Å². The summed E-state index contributed by atoms with van der Waals surface area (Å²) in [5, 5.41) is 5.34. The van der Waals surface area contributed by atoms with Gasteiger partial charge in [-0.3, -0.25) is 9.59 Å². The molecule has 0 bridgehead atoms. The van der Waals surface area contributed by atoms with Gasteiger partial charge >= 0.3 is 0 Å². The smallest absolute Gasteiger partial charge is 0.253 e. The molecule has 0 radical (unpaired) electrons. The van der Waals surface area contributed by atoms with Gasteiger partial charge in [-0.05, 0) is 31.4 Å². The molecular formula is C17H26N4O4S. The number of rotatable bonds is 9. The summed E-state index contributed by atoms with van der Waals surface area (Å²) in [6, 6.07) is 6.67. The third-order valence-electron chi connectivity index (χ3n) is 4.14. The van der Waals surface area contributed by atoms with Crippen molar-refractivity contribution >= 4 is 27.5 Å². The molecule has 0 atom stereocenters. The second kappa shape index (κ2) is 9.65. The average molecular weight is 382 g/mol. The number of anilines is 1. The number of carbonyl (C=O) groups is 2. The summed E-state index contributed by atoms with van der Waals surface area (Å²) in [6.45, 7) is 1.81. The second-order valence-electron chi connectivity index (χ2n) is 6.16. The van der Waals surface area contributed by atoms with E-state index in [1.807, 2.05) is 0 Å². The number of carbonyl (C=O) groups excluding carboxylic acids is 2. The maximum Gasteiger partial charge on any atom is 0.253 e. The van der Waals surface area contributed by atoms with E-state index in [2.05, 4.69) is 10.6 Å². The molecule has 1 aliphatic rings. The van der Waals surface area contributed by atoms with Crippen molar-refractivity contribution in [2.45, 2.75) is 25.7 Å². The quantitative estimate of drug-likeness (QED) is 0.575. The van der Waals surface area contributed by atoms with Gasteiger partial charge in [-0.2, -0.15) is 0 Å². The maximum atomic E-state index is 12.1. The second-order valence-corrected chi connectivity index (χ2v) is 8.25. The highest BCUT2D eigenvalue weighted by Crippen LogP contribution is 2.17. The molecule has 4 N–H and O–H groups in total. The van der Waals surface area contributed by atoms with Crippen LogP contribution in [0.5, 0.6) is 0 Å². The number of benzene rings is 1. The summed E-state index contributed by atoms with van der Waals surface area (Å²) < 4.78 is 25.8. The van der Waals surface area contributed by atoms with Crippen LogP contribution >= 0.6 is 0 Å². The molecule has 0 saturated carbocycles. The number of nitrogens with one attached hydrogen (secondary N) is 2. The Morgan fingerprint density at radius 1 is 1.15 bits per heavy atom. The Labute approximate surface area is 154 Å². The minimum absolute atomic E-state index is 0.0426. The van der Waals surface area contributed by atoms with Gasteiger partial charge in [-0.15, -0.1) is 0 Å². The highest BCUT2D eigenvalue weighted by molar-refractivity contribution is 7.89. The fourth-order valence-electron chi connectivity index (χ4n) is 2.79. The molecule has 8 nitrogen and oxygen atoms in total. The first-order valence-electron chi connectivity index (χ1n) is 8.79. The summed E-state index contributed by atoms with van der Waals surface area (Å²) in [4.78, 5) is 24.2. The number of nitrogens with zero attached hydrogens (tertiary/aromatic N) is 1. The number of sulfonamides is 1. The molecule has 0 aliphatic carbocycles. The molecule has 2 amide bonds. The molecule has 26 heavy (non-hydrogen) atoms. The summed E-state index contributed by atoms with van der Waals surface area (Å²) in [5.41, 5.74) is 6.12. The van der Waals surface area contributed by atoms with Crippen LogP contribution in [-0.2, 0) is 14.8 Å². The Kier molecular flexibility index (Phi) is 7.55. The van der Waals surface area contributed by atoms with Gasteiger partial charge in [-0.1, -0.05) is 12.1 Å². The maximum absolute atomic E-state index is 12.1. The lowest BCUT2D eigenvalue weighted by atomic mass is 10.1. The van der Waals surface area contributed by atoms with Gasteiger partial charge in [-0.25, -0.2) is 12.7 Å². The molecule has 1 aromatic carbocycles. The van der Waals surface area contributed by atoms with Crippen molar-refractivity contribution in [2.24, 2.45) is 5.73 Å². The Bertz CT molecular complexity index is 730. The van der Waals surface area contributed by atoms with Crippen LogP contribution in [0.15, 0.2) is 24.3 Å². The Morgan fingerprint density at radius 3 is 2.54 bits per heavy atom. The number of hydrogen-bond donors (Lipinski definition) is 3. The monoisotopic (exact) mass is 382 g/mol. The highest BCUT2D eigenvalue weighted by atomic mass is 32.2. The lowest BCUT2D eigenvalue weighted by Gasteiger charge is -2.15.